The lowest BCUT2D eigenvalue weighted by atomic mass is 10.0. The molecule has 0 atom stereocenters. The third kappa shape index (κ3) is 4.32. The molecule has 13 aromatic rings. The fourth-order valence-electron chi connectivity index (χ4n) is 9.46. The Hall–Kier alpha value is -7.34. The van der Waals surface area contributed by atoms with E-state index >= 15 is 0 Å². The van der Waals surface area contributed by atoms with Crippen LogP contribution in [0.3, 0.4) is 0 Å². The average molecular weight is 743 g/mol. The first-order valence-corrected chi connectivity index (χ1v) is 20.2. The Labute approximate surface area is 330 Å². The van der Waals surface area contributed by atoms with Gasteiger partial charge in [-0.05, 0) is 59.3 Å². The Morgan fingerprint density at radius 3 is 1.93 bits per heavy atom. The van der Waals surface area contributed by atoms with Crippen molar-refractivity contribution < 1.29 is 0 Å². The van der Waals surface area contributed by atoms with E-state index in [1.165, 1.54) is 74.3 Å². The molecule has 0 fully saturated rings. The maximum atomic E-state index is 5.57. The first-order chi connectivity index (χ1) is 28.3. The second-order valence-electron chi connectivity index (χ2n) is 14.9. The largest absolute Gasteiger partial charge is 0.308 e. The second kappa shape index (κ2) is 11.6. The first-order valence-electron chi connectivity index (χ1n) is 19.3. The van der Waals surface area contributed by atoms with E-state index in [2.05, 4.69) is 191 Å². The molecule has 264 valence electrons. The maximum absolute atomic E-state index is 5.57. The van der Waals surface area contributed by atoms with Gasteiger partial charge >= 0.3 is 0 Å². The molecule has 0 N–H and O–H groups in total. The molecule has 0 unspecified atom stereocenters. The highest BCUT2D eigenvalue weighted by atomic mass is 32.1. The van der Waals surface area contributed by atoms with Crippen LogP contribution in [-0.2, 0) is 0 Å². The highest BCUT2D eigenvalue weighted by molar-refractivity contribution is 7.25. The van der Waals surface area contributed by atoms with Gasteiger partial charge in [-0.1, -0.05) is 133 Å². The van der Waals surface area contributed by atoms with E-state index in [-0.39, 0.29) is 0 Å². The number of hydrogen-bond acceptors (Lipinski definition) is 3. The van der Waals surface area contributed by atoms with Crippen LogP contribution in [0.25, 0.3) is 119 Å². The second-order valence-corrected chi connectivity index (χ2v) is 16.0. The Bertz CT molecular complexity index is 3830. The molecule has 0 amide bonds. The zero-order valence-electron chi connectivity index (χ0n) is 30.5. The molecule has 0 spiro atoms. The van der Waals surface area contributed by atoms with Crippen LogP contribution in [-0.4, -0.2) is 19.1 Å². The number of hydrogen-bond donors (Lipinski definition) is 0. The van der Waals surface area contributed by atoms with Gasteiger partial charge in [-0.3, -0.25) is 4.57 Å². The van der Waals surface area contributed by atoms with E-state index in [4.69, 9.17) is 9.97 Å². The minimum absolute atomic E-state index is 0.658. The number of nitrogens with zero attached hydrogens (tertiary/aromatic N) is 4. The van der Waals surface area contributed by atoms with Gasteiger partial charge in [0.05, 0.1) is 39.0 Å². The van der Waals surface area contributed by atoms with Crippen molar-refractivity contribution in [2.75, 3.05) is 0 Å². The lowest BCUT2D eigenvalue weighted by molar-refractivity contribution is 1.01. The minimum atomic E-state index is 0.658. The van der Waals surface area contributed by atoms with Crippen molar-refractivity contribution in [3.8, 4) is 22.9 Å². The van der Waals surface area contributed by atoms with Crippen molar-refractivity contribution in [3.63, 3.8) is 0 Å². The van der Waals surface area contributed by atoms with Gasteiger partial charge in [0.25, 0.3) is 0 Å². The van der Waals surface area contributed by atoms with E-state index < -0.39 is 0 Å². The monoisotopic (exact) mass is 742 g/mol. The number of para-hydroxylation sites is 3. The summed E-state index contributed by atoms with van der Waals surface area (Å²) in [4.78, 5) is 10.9. The molecule has 13 rings (SSSR count). The van der Waals surface area contributed by atoms with Crippen molar-refractivity contribution >= 4 is 108 Å². The summed E-state index contributed by atoms with van der Waals surface area (Å²) < 4.78 is 7.29. The van der Waals surface area contributed by atoms with Crippen LogP contribution >= 0.6 is 11.3 Å². The molecule has 0 saturated heterocycles. The van der Waals surface area contributed by atoms with Crippen molar-refractivity contribution in [1.82, 2.24) is 19.1 Å². The molecule has 57 heavy (non-hydrogen) atoms. The highest BCUT2D eigenvalue weighted by Gasteiger charge is 2.22. The van der Waals surface area contributed by atoms with Crippen LogP contribution in [0, 0.1) is 0 Å². The molecule has 0 aliphatic rings. The minimum Gasteiger partial charge on any atom is -0.308 e. The van der Waals surface area contributed by atoms with Crippen LogP contribution in [0.2, 0.25) is 0 Å². The summed E-state index contributed by atoms with van der Waals surface area (Å²) in [5.74, 6) is 0.658. The predicted molar refractivity (Wildman–Crippen MR) is 242 cm³/mol. The summed E-state index contributed by atoms with van der Waals surface area (Å²) in [6.45, 7) is 0. The molecule has 0 aliphatic heterocycles. The van der Waals surface area contributed by atoms with Crippen molar-refractivity contribution in [3.05, 3.63) is 182 Å². The number of rotatable bonds is 3. The smallest absolute Gasteiger partial charge is 0.235 e. The molecule has 5 heteroatoms. The zero-order valence-corrected chi connectivity index (χ0v) is 31.3. The summed E-state index contributed by atoms with van der Waals surface area (Å²) in [6.07, 6.45) is 0. The van der Waals surface area contributed by atoms with E-state index in [1.54, 1.807) is 0 Å². The van der Waals surface area contributed by atoms with Crippen LogP contribution in [0.4, 0.5) is 0 Å². The summed E-state index contributed by atoms with van der Waals surface area (Å²) in [7, 11) is 0. The van der Waals surface area contributed by atoms with Crippen LogP contribution in [0.1, 0.15) is 0 Å². The fourth-order valence-corrected chi connectivity index (χ4v) is 10.6. The molecule has 0 saturated carbocycles. The van der Waals surface area contributed by atoms with Crippen molar-refractivity contribution in [2.24, 2.45) is 0 Å². The topological polar surface area (TPSA) is 35.6 Å². The van der Waals surface area contributed by atoms with Gasteiger partial charge in [0, 0.05) is 63.4 Å². The maximum Gasteiger partial charge on any atom is 0.235 e. The lowest BCUT2D eigenvalue weighted by Crippen LogP contribution is -2.03. The molecule has 0 radical (unpaired) electrons. The Morgan fingerprint density at radius 2 is 1.05 bits per heavy atom. The van der Waals surface area contributed by atoms with Gasteiger partial charge in [0.1, 0.15) is 0 Å². The fraction of sp³-hybridized carbons (Fsp3) is 0. The third-order valence-electron chi connectivity index (χ3n) is 11.9. The Kier molecular flexibility index (Phi) is 6.29. The molecular weight excluding hydrogens is 713 g/mol. The molecule has 0 bridgehead atoms. The summed E-state index contributed by atoms with van der Waals surface area (Å²) in [6, 6.07) is 65.9. The van der Waals surface area contributed by atoms with Crippen molar-refractivity contribution in [2.45, 2.75) is 0 Å². The highest BCUT2D eigenvalue weighted by Crippen LogP contribution is 2.43. The summed E-state index contributed by atoms with van der Waals surface area (Å²) >= 11 is 1.83. The molecule has 4 heterocycles. The van der Waals surface area contributed by atoms with Crippen LogP contribution in [0.15, 0.2) is 182 Å². The zero-order chi connectivity index (χ0) is 37.2. The van der Waals surface area contributed by atoms with E-state index in [1.807, 2.05) is 11.3 Å². The van der Waals surface area contributed by atoms with E-state index in [0.717, 1.165) is 38.9 Å². The Morgan fingerprint density at radius 1 is 0.386 bits per heavy atom. The normalized spacial score (nSPS) is 12.2. The first kappa shape index (κ1) is 30.9. The lowest BCUT2D eigenvalue weighted by Gasteiger charge is -2.15. The van der Waals surface area contributed by atoms with Crippen LogP contribution < -0.4 is 0 Å². The summed E-state index contributed by atoms with van der Waals surface area (Å²) in [5.41, 5.74) is 8.68. The predicted octanol–water partition coefficient (Wildman–Crippen LogP) is 14.2. The molecule has 4 aromatic heterocycles. The van der Waals surface area contributed by atoms with Gasteiger partial charge in [0.2, 0.25) is 5.95 Å². The van der Waals surface area contributed by atoms with Gasteiger partial charge in [-0.2, -0.15) is 0 Å². The van der Waals surface area contributed by atoms with Gasteiger partial charge in [-0.25, -0.2) is 9.97 Å². The average Bonchev–Trinajstić information content (AvgIpc) is 3.93. The van der Waals surface area contributed by atoms with Crippen molar-refractivity contribution in [1.29, 1.82) is 0 Å². The molecule has 9 aromatic carbocycles. The third-order valence-corrected chi connectivity index (χ3v) is 13.0. The van der Waals surface area contributed by atoms with E-state index in [9.17, 15) is 0 Å². The Balaban J connectivity index is 1.14. The SMILES string of the molecule is c1cc(-n2c3ccccc3c3ccc4ccccc4c32)c2cc3c(cc2c1)c1ccccc1n3-c1nc(-c2cccc3sc4ccccc4c23)c2ccccc2n1. The summed E-state index contributed by atoms with van der Waals surface area (Å²) in [5, 5.41) is 13.2. The number of benzene rings is 9. The number of thiophene rings is 1. The molecular formula is C52H30N4S. The standard InChI is InChI=1S/C52H30N4S/c1-2-15-33-31(13-1)27-28-36-34-16-4-8-22-43(34)55(51(33)36)45-24-11-14-32-29-41-35-17-5-9-23-44(35)56(46(41)30-40(32)45)52-53-42-21-7-3-18-37(42)50(54-52)39-20-12-26-48-49(39)38-19-6-10-25-47(38)57-48/h1-30H. The molecule has 4 nitrogen and oxygen atoms in total. The van der Waals surface area contributed by atoms with E-state index in [0.29, 0.717) is 5.95 Å². The van der Waals surface area contributed by atoms with Gasteiger partial charge < -0.3 is 4.57 Å². The number of aromatic nitrogens is 4. The molecule has 0 aliphatic carbocycles. The quantitative estimate of drug-likeness (QED) is 0.181. The number of fused-ring (bicyclic) bond motifs is 13. The van der Waals surface area contributed by atoms with Gasteiger partial charge in [0.15, 0.2) is 0 Å². The van der Waals surface area contributed by atoms with Crippen LogP contribution in [0.5, 0.6) is 0 Å². The van der Waals surface area contributed by atoms with Gasteiger partial charge in [-0.15, -0.1) is 11.3 Å².